The van der Waals surface area contributed by atoms with Crippen molar-refractivity contribution in [3.63, 3.8) is 0 Å². The number of hydrogen-bond acceptors (Lipinski definition) is 4. The van der Waals surface area contributed by atoms with Gasteiger partial charge in [-0.2, -0.15) is 0 Å². The third kappa shape index (κ3) is 2.45. The van der Waals surface area contributed by atoms with Gasteiger partial charge >= 0.3 is 5.97 Å². The van der Waals surface area contributed by atoms with Crippen LogP contribution in [0.2, 0.25) is 0 Å². The van der Waals surface area contributed by atoms with E-state index in [-0.39, 0.29) is 11.7 Å². The molecule has 1 N–H and O–H groups in total. The van der Waals surface area contributed by atoms with Gasteiger partial charge in [0, 0.05) is 0 Å². The zero-order chi connectivity index (χ0) is 9.68. The fraction of sp³-hybridized carbons (Fsp3) is 0.222. The van der Waals surface area contributed by atoms with Crippen LogP contribution < -0.4 is 4.89 Å². The highest BCUT2D eigenvalue weighted by Gasteiger charge is 2.05. The highest BCUT2D eigenvalue weighted by atomic mass is 17.1. The first kappa shape index (κ1) is 9.54. The van der Waals surface area contributed by atoms with Crippen molar-refractivity contribution in [2.75, 3.05) is 6.61 Å². The lowest BCUT2D eigenvalue weighted by Gasteiger charge is -2.01. The number of rotatable bonds is 3. The summed E-state index contributed by atoms with van der Waals surface area (Å²) >= 11 is 0. The molecular weight excluding hydrogens is 172 g/mol. The number of carbonyl (C=O) groups excluding carboxylic acids is 1. The largest absolute Gasteiger partial charge is 0.462 e. The van der Waals surface area contributed by atoms with Gasteiger partial charge in [-0.25, -0.2) is 10.1 Å². The van der Waals surface area contributed by atoms with Gasteiger partial charge in [0.1, 0.15) is 0 Å². The number of carbonyl (C=O) groups is 1. The van der Waals surface area contributed by atoms with Crippen LogP contribution in [0.1, 0.15) is 17.3 Å². The minimum Gasteiger partial charge on any atom is -0.462 e. The molecule has 0 aliphatic carbocycles. The van der Waals surface area contributed by atoms with Crippen LogP contribution in [-0.2, 0) is 4.74 Å². The first-order valence-electron chi connectivity index (χ1n) is 3.86. The predicted octanol–water partition coefficient (Wildman–Crippen LogP) is 1.72. The molecule has 1 aromatic carbocycles. The Kier molecular flexibility index (Phi) is 3.28. The van der Waals surface area contributed by atoms with Gasteiger partial charge in [-0.15, -0.1) is 0 Å². The molecule has 1 rings (SSSR count). The number of benzene rings is 1. The lowest BCUT2D eigenvalue weighted by Crippen LogP contribution is -2.03. The van der Waals surface area contributed by atoms with Crippen molar-refractivity contribution < 1.29 is 19.7 Å². The average molecular weight is 182 g/mol. The van der Waals surface area contributed by atoms with E-state index in [1.807, 2.05) is 0 Å². The van der Waals surface area contributed by atoms with E-state index in [1.165, 1.54) is 24.3 Å². The first-order valence-corrected chi connectivity index (χ1v) is 3.86. The summed E-state index contributed by atoms with van der Waals surface area (Å²) in [6.07, 6.45) is 0. The van der Waals surface area contributed by atoms with Crippen molar-refractivity contribution in [2.45, 2.75) is 6.92 Å². The predicted molar refractivity (Wildman–Crippen MR) is 45.7 cm³/mol. The van der Waals surface area contributed by atoms with Gasteiger partial charge in [-0.3, -0.25) is 0 Å². The van der Waals surface area contributed by atoms with Crippen LogP contribution in [-0.4, -0.2) is 17.8 Å². The number of ether oxygens (including phenoxy) is 1. The van der Waals surface area contributed by atoms with E-state index in [1.54, 1.807) is 6.92 Å². The molecule has 0 heterocycles. The zero-order valence-electron chi connectivity index (χ0n) is 7.19. The van der Waals surface area contributed by atoms with Gasteiger partial charge < -0.3 is 9.62 Å². The molecule has 4 heteroatoms. The smallest absolute Gasteiger partial charge is 0.338 e. The number of esters is 1. The highest BCUT2D eigenvalue weighted by Crippen LogP contribution is 2.11. The normalized spacial score (nSPS) is 9.38. The third-order valence-corrected chi connectivity index (χ3v) is 1.47. The molecule has 0 amide bonds. The standard InChI is InChI=1S/C9H10O4/c1-2-12-9(10)7-3-5-8(13-11)6-4-7/h3-6,11H,2H2,1H3. The summed E-state index contributed by atoms with van der Waals surface area (Å²) < 4.78 is 4.76. The van der Waals surface area contributed by atoms with Gasteiger partial charge in [0.15, 0.2) is 5.75 Å². The Morgan fingerprint density at radius 3 is 2.46 bits per heavy atom. The molecule has 0 aliphatic heterocycles. The molecular formula is C9H10O4. The SMILES string of the molecule is CCOC(=O)c1ccc(OO)cc1. The summed E-state index contributed by atoms with van der Waals surface area (Å²) in [5.74, 6) is -0.0972. The van der Waals surface area contributed by atoms with Gasteiger partial charge in [0.25, 0.3) is 0 Å². The molecule has 0 aliphatic rings. The summed E-state index contributed by atoms with van der Waals surface area (Å²) in [7, 11) is 0. The highest BCUT2D eigenvalue weighted by molar-refractivity contribution is 5.89. The zero-order valence-corrected chi connectivity index (χ0v) is 7.19. The van der Waals surface area contributed by atoms with Crippen molar-refractivity contribution in [1.82, 2.24) is 0 Å². The second-order valence-corrected chi connectivity index (χ2v) is 2.34. The van der Waals surface area contributed by atoms with E-state index in [4.69, 9.17) is 9.99 Å². The maximum atomic E-state index is 11.1. The molecule has 0 aromatic heterocycles. The number of hydrogen-bond donors (Lipinski definition) is 1. The Hall–Kier alpha value is -1.55. The molecule has 1 aromatic rings. The molecule has 13 heavy (non-hydrogen) atoms. The van der Waals surface area contributed by atoms with Crippen LogP contribution in [0, 0.1) is 0 Å². The third-order valence-electron chi connectivity index (χ3n) is 1.47. The van der Waals surface area contributed by atoms with E-state index in [0.29, 0.717) is 12.2 Å². The molecule has 4 nitrogen and oxygen atoms in total. The van der Waals surface area contributed by atoms with Gasteiger partial charge in [-0.1, -0.05) is 0 Å². The fourth-order valence-electron chi connectivity index (χ4n) is 0.866. The van der Waals surface area contributed by atoms with Crippen LogP contribution in [0.4, 0.5) is 0 Å². The van der Waals surface area contributed by atoms with Gasteiger partial charge in [0.2, 0.25) is 0 Å². The van der Waals surface area contributed by atoms with Crippen LogP contribution in [0.3, 0.4) is 0 Å². The Morgan fingerprint density at radius 1 is 1.38 bits per heavy atom. The van der Waals surface area contributed by atoms with Crippen LogP contribution in [0.15, 0.2) is 24.3 Å². The quantitative estimate of drug-likeness (QED) is 0.439. The monoisotopic (exact) mass is 182 g/mol. The van der Waals surface area contributed by atoms with Crippen LogP contribution in [0.25, 0.3) is 0 Å². The maximum Gasteiger partial charge on any atom is 0.338 e. The molecule has 0 saturated heterocycles. The van der Waals surface area contributed by atoms with Gasteiger partial charge in [0.05, 0.1) is 12.2 Å². The molecule has 0 atom stereocenters. The Morgan fingerprint density at radius 2 is 2.00 bits per heavy atom. The second-order valence-electron chi connectivity index (χ2n) is 2.34. The molecule has 0 radical (unpaired) electrons. The Balaban J connectivity index is 2.74. The summed E-state index contributed by atoms with van der Waals surface area (Å²) in [6.45, 7) is 2.08. The summed E-state index contributed by atoms with van der Waals surface area (Å²) in [5.41, 5.74) is 0.433. The summed E-state index contributed by atoms with van der Waals surface area (Å²) in [5, 5.41) is 8.25. The minimum atomic E-state index is -0.382. The Bertz CT molecular complexity index is 278. The summed E-state index contributed by atoms with van der Waals surface area (Å²) in [6, 6.07) is 5.99. The molecule has 0 fully saturated rings. The average Bonchev–Trinajstić information content (AvgIpc) is 2.18. The lowest BCUT2D eigenvalue weighted by atomic mass is 10.2. The Labute approximate surface area is 75.6 Å². The fourth-order valence-corrected chi connectivity index (χ4v) is 0.866. The maximum absolute atomic E-state index is 11.1. The van der Waals surface area contributed by atoms with Crippen molar-refractivity contribution >= 4 is 5.97 Å². The molecule has 0 bridgehead atoms. The molecule has 0 saturated carbocycles. The molecule has 0 spiro atoms. The van der Waals surface area contributed by atoms with Crippen molar-refractivity contribution in [1.29, 1.82) is 0 Å². The van der Waals surface area contributed by atoms with E-state index in [9.17, 15) is 4.79 Å². The van der Waals surface area contributed by atoms with Crippen LogP contribution >= 0.6 is 0 Å². The van der Waals surface area contributed by atoms with Crippen molar-refractivity contribution in [3.05, 3.63) is 29.8 Å². The van der Waals surface area contributed by atoms with E-state index in [0.717, 1.165) is 0 Å². The first-order chi connectivity index (χ1) is 6.27. The van der Waals surface area contributed by atoms with Crippen LogP contribution in [0.5, 0.6) is 5.75 Å². The minimum absolute atomic E-state index is 0.285. The molecule has 70 valence electrons. The van der Waals surface area contributed by atoms with Crippen molar-refractivity contribution in [2.24, 2.45) is 0 Å². The van der Waals surface area contributed by atoms with Crippen molar-refractivity contribution in [3.8, 4) is 5.75 Å². The van der Waals surface area contributed by atoms with E-state index < -0.39 is 0 Å². The summed E-state index contributed by atoms with van der Waals surface area (Å²) in [4.78, 5) is 15.1. The van der Waals surface area contributed by atoms with Gasteiger partial charge in [-0.05, 0) is 31.2 Å². The molecule has 0 unspecified atom stereocenters. The van der Waals surface area contributed by atoms with E-state index >= 15 is 0 Å². The topological polar surface area (TPSA) is 55.8 Å². The van der Waals surface area contributed by atoms with E-state index in [2.05, 4.69) is 4.89 Å². The lowest BCUT2D eigenvalue weighted by molar-refractivity contribution is -0.137. The second kappa shape index (κ2) is 4.47.